The van der Waals surface area contributed by atoms with Crippen LogP contribution in [0.5, 0.6) is 5.75 Å². The average molecular weight is 277 g/mol. The Morgan fingerprint density at radius 3 is 2.35 bits per heavy atom. The predicted octanol–water partition coefficient (Wildman–Crippen LogP) is 1.42. The van der Waals surface area contributed by atoms with Crippen LogP contribution in [0.1, 0.15) is 13.8 Å². The number of hydrogen-bond acceptors (Lipinski definition) is 4. The zero-order chi connectivity index (χ0) is 14.4. The van der Waals surface area contributed by atoms with Crippen LogP contribution < -0.4 is 10.5 Å². The van der Waals surface area contributed by atoms with E-state index in [0.717, 1.165) is 45.1 Å². The lowest BCUT2D eigenvalue weighted by atomic mass is 10.0. The smallest absolute Gasteiger partial charge is 0.119 e. The number of hydrogen-bond donors (Lipinski definition) is 1. The molecule has 0 saturated carbocycles. The molecule has 0 amide bonds. The third-order valence-corrected chi connectivity index (χ3v) is 4.15. The first kappa shape index (κ1) is 15.3. The van der Waals surface area contributed by atoms with E-state index >= 15 is 0 Å². The number of ether oxygens (including phenoxy) is 1. The van der Waals surface area contributed by atoms with Crippen LogP contribution in [0.4, 0.5) is 0 Å². The summed E-state index contributed by atoms with van der Waals surface area (Å²) < 4.78 is 5.75. The Morgan fingerprint density at radius 2 is 1.75 bits per heavy atom. The molecule has 0 spiro atoms. The molecule has 1 aromatic carbocycles. The van der Waals surface area contributed by atoms with E-state index in [1.54, 1.807) is 0 Å². The summed E-state index contributed by atoms with van der Waals surface area (Å²) in [5, 5.41) is 0. The van der Waals surface area contributed by atoms with Gasteiger partial charge in [-0.3, -0.25) is 9.80 Å². The second-order valence-electron chi connectivity index (χ2n) is 6.01. The van der Waals surface area contributed by atoms with Crippen LogP contribution in [-0.2, 0) is 0 Å². The number of rotatable bonds is 6. The van der Waals surface area contributed by atoms with Crippen LogP contribution in [-0.4, -0.2) is 61.2 Å². The topological polar surface area (TPSA) is 41.7 Å². The summed E-state index contributed by atoms with van der Waals surface area (Å²) in [4.78, 5) is 4.95. The molecule has 4 nitrogen and oxygen atoms in total. The number of nitrogens with two attached hydrogens (primary N) is 1. The fraction of sp³-hybridized carbons (Fsp3) is 0.625. The van der Waals surface area contributed by atoms with Gasteiger partial charge in [0.05, 0.1) is 0 Å². The quantitative estimate of drug-likeness (QED) is 0.854. The Bertz CT molecular complexity index is 386. The first-order valence-electron chi connectivity index (χ1n) is 7.47. The van der Waals surface area contributed by atoms with Gasteiger partial charge in [-0.2, -0.15) is 0 Å². The number of nitrogens with zero attached hydrogens (tertiary/aromatic N) is 2. The highest BCUT2D eigenvalue weighted by Crippen LogP contribution is 2.15. The van der Waals surface area contributed by atoms with Gasteiger partial charge in [-0.05, 0) is 26.0 Å². The van der Waals surface area contributed by atoms with E-state index in [-0.39, 0.29) is 5.54 Å². The van der Waals surface area contributed by atoms with Gasteiger partial charge >= 0.3 is 0 Å². The number of piperazine rings is 1. The van der Waals surface area contributed by atoms with Gasteiger partial charge in [0.2, 0.25) is 0 Å². The van der Waals surface area contributed by atoms with E-state index in [9.17, 15) is 0 Å². The molecule has 1 heterocycles. The predicted molar refractivity (Wildman–Crippen MR) is 83.1 cm³/mol. The molecule has 1 aliphatic heterocycles. The first-order chi connectivity index (χ1) is 9.62. The van der Waals surface area contributed by atoms with Crippen molar-refractivity contribution in [2.75, 3.05) is 45.9 Å². The molecule has 1 aliphatic rings. The molecule has 0 bridgehead atoms. The van der Waals surface area contributed by atoms with Gasteiger partial charge in [0.1, 0.15) is 12.4 Å². The molecule has 112 valence electrons. The van der Waals surface area contributed by atoms with E-state index < -0.39 is 0 Å². The summed E-state index contributed by atoms with van der Waals surface area (Å²) >= 11 is 0. The van der Waals surface area contributed by atoms with Crippen LogP contribution in [0.2, 0.25) is 0 Å². The SMILES string of the molecule is CC(C)(CN)N1CCN(CCOc2ccccc2)CC1. The molecule has 0 radical (unpaired) electrons. The molecular weight excluding hydrogens is 250 g/mol. The van der Waals surface area contributed by atoms with E-state index in [0.29, 0.717) is 6.54 Å². The summed E-state index contributed by atoms with van der Waals surface area (Å²) in [5.41, 5.74) is 5.96. The lowest BCUT2D eigenvalue weighted by Crippen LogP contribution is -2.57. The summed E-state index contributed by atoms with van der Waals surface area (Å²) in [5.74, 6) is 0.954. The largest absolute Gasteiger partial charge is 0.492 e. The van der Waals surface area contributed by atoms with E-state index in [4.69, 9.17) is 10.5 Å². The standard InChI is InChI=1S/C16H27N3O/c1-16(2,14-17)19-10-8-18(9-11-19)12-13-20-15-6-4-3-5-7-15/h3-7H,8-14,17H2,1-2H3. The van der Waals surface area contributed by atoms with Crippen LogP contribution in [0.15, 0.2) is 30.3 Å². The molecule has 1 saturated heterocycles. The molecule has 20 heavy (non-hydrogen) atoms. The zero-order valence-corrected chi connectivity index (χ0v) is 12.7. The Hall–Kier alpha value is -1.10. The molecule has 1 aromatic rings. The second kappa shape index (κ2) is 7.07. The minimum atomic E-state index is 0.118. The molecule has 0 aliphatic carbocycles. The molecule has 0 atom stereocenters. The second-order valence-corrected chi connectivity index (χ2v) is 6.01. The van der Waals surface area contributed by atoms with Crippen molar-refractivity contribution in [2.24, 2.45) is 5.73 Å². The van der Waals surface area contributed by atoms with Gasteiger partial charge in [0.25, 0.3) is 0 Å². The highest BCUT2D eigenvalue weighted by molar-refractivity contribution is 5.20. The lowest BCUT2D eigenvalue weighted by molar-refractivity contribution is 0.0514. The number of benzene rings is 1. The Balaban J connectivity index is 1.67. The van der Waals surface area contributed by atoms with Crippen molar-refractivity contribution in [1.82, 2.24) is 9.80 Å². The summed E-state index contributed by atoms with van der Waals surface area (Å²) in [6, 6.07) is 10.0. The van der Waals surface area contributed by atoms with Crippen molar-refractivity contribution in [3.05, 3.63) is 30.3 Å². The van der Waals surface area contributed by atoms with Gasteiger partial charge in [0.15, 0.2) is 0 Å². The first-order valence-corrected chi connectivity index (χ1v) is 7.47. The van der Waals surface area contributed by atoms with Gasteiger partial charge in [-0.1, -0.05) is 18.2 Å². The minimum Gasteiger partial charge on any atom is -0.492 e. The van der Waals surface area contributed by atoms with Crippen molar-refractivity contribution in [3.8, 4) is 5.75 Å². The van der Waals surface area contributed by atoms with Gasteiger partial charge < -0.3 is 10.5 Å². The zero-order valence-electron chi connectivity index (χ0n) is 12.7. The van der Waals surface area contributed by atoms with E-state index in [2.05, 4.69) is 23.6 Å². The molecule has 0 unspecified atom stereocenters. The maximum Gasteiger partial charge on any atom is 0.119 e. The maximum atomic E-state index is 5.84. The van der Waals surface area contributed by atoms with Crippen molar-refractivity contribution >= 4 is 0 Å². The van der Waals surface area contributed by atoms with Crippen molar-refractivity contribution in [2.45, 2.75) is 19.4 Å². The van der Waals surface area contributed by atoms with Crippen molar-refractivity contribution < 1.29 is 4.74 Å². The highest BCUT2D eigenvalue weighted by atomic mass is 16.5. The third kappa shape index (κ3) is 4.20. The number of para-hydroxylation sites is 1. The van der Waals surface area contributed by atoms with Crippen LogP contribution in [0, 0.1) is 0 Å². The minimum absolute atomic E-state index is 0.118. The van der Waals surface area contributed by atoms with Crippen molar-refractivity contribution in [3.63, 3.8) is 0 Å². The van der Waals surface area contributed by atoms with Crippen LogP contribution >= 0.6 is 0 Å². The van der Waals surface area contributed by atoms with Crippen LogP contribution in [0.25, 0.3) is 0 Å². The van der Waals surface area contributed by atoms with Crippen molar-refractivity contribution in [1.29, 1.82) is 0 Å². The van der Waals surface area contributed by atoms with E-state index in [1.165, 1.54) is 0 Å². The normalized spacial score (nSPS) is 18.1. The third-order valence-electron chi connectivity index (χ3n) is 4.15. The fourth-order valence-electron chi connectivity index (χ4n) is 2.52. The fourth-order valence-corrected chi connectivity index (χ4v) is 2.52. The molecule has 1 fully saturated rings. The Kier molecular flexibility index (Phi) is 5.40. The average Bonchev–Trinajstić information content (AvgIpc) is 2.49. The molecule has 2 N–H and O–H groups in total. The molecule has 0 aromatic heterocycles. The lowest BCUT2D eigenvalue weighted by Gasteiger charge is -2.43. The summed E-state index contributed by atoms with van der Waals surface area (Å²) in [6.45, 7) is 11.3. The molecular formula is C16H27N3O. The maximum absolute atomic E-state index is 5.84. The summed E-state index contributed by atoms with van der Waals surface area (Å²) in [7, 11) is 0. The summed E-state index contributed by atoms with van der Waals surface area (Å²) in [6.07, 6.45) is 0. The van der Waals surface area contributed by atoms with Gasteiger partial charge in [-0.15, -0.1) is 0 Å². The van der Waals surface area contributed by atoms with Gasteiger partial charge in [0, 0.05) is 44.8 Å². The Morgan fingerprint density at radius 1 is 1.10 bits per heavy atom. The van der Waals surface area contributed by atoms with Crippen LogP contribution in [0.3, 0.4) is 0 Å². The highest BCUT2D eigenvalue weighted by Gasteiger charge is 2.28. The monoisotopic (exact) mass is 277 g/mol. The van der Waals surface area contributed by atoms with E-state index in [1.807, 2.05) is 30.3 Å². The molecule has 4 heteroatoms. The Labute approximate surface area is 122 Å². The molecule has 2 rings (SSSR count). The van der Waals surface area contributed by atoms with Gasteiger partial charge in [-0.25, -0.2) is 0 Å².